The fraction of sp³-hybridized carbons (Fsp3) is 0.455. The third-order valence-electron chi connectivity index (χ3n) is 2.58. The van der Waals surface area contributed by atoms with E-state index in [0.29, 0.717) is 0 Å². The van der Waals surface area contributed by atoms with Gasteiger partial charge < -0.3 is 4.90 Å². The minimum atomic E-state index is 0.939. The first-order valence-electron chi connectivity index (χ1n) is 4.85. The number of nitrogens with zero attached hydrogens (tertiary/aromatic N) is 1. The molecule has 2 rings (SSSR count). The molecule has 0 atom stereocenters. The van der Waals surface area contributed by atoms with Crippen LogP contribution < -0.4 is 4.90 Å². The standard InChI is InChI=1S/C11H15NS/c13-9-8-12-7-3-5-10-4-1-2-6-11(10)12/h1-2,4,6,13H,3,5,7-9H2. The van der Waals surface area contributed by atoms with E-state index in [-0.39, 0.29) is 0 Å². The van der Waals surface area contributed by atoms with E-state index in [0.717, 1.165) is 12.3 Å². The lowest BCUT2D eigenvalue weighted by molar-refractivity contribution is 0.710. The molecule has 1 aromatic carbocycles. The molecule has 1 heterocycles. The maximum atomic E-state index is 4.28. The molecular formula is C11H15NS. The van der Waals surface area contributed by atoms with Gasteiger partial charge in [-0.05, 0) is 24.5 Å². The summed E-state index contributed by atoms with van der Waals surface area (Å²) in [5.41, 5.74) is 2.92. The normalized spacial score (nSPS) is 15.6. The van der Waals surface area contributed by atoms with E-state index in [1.807, 2.05) is 0 Å². The molecule has 0 N–H and O–H groups in total. The first-order chi connectivity index (χ1) is 6.42. The van der Waals surface area contributed by atoms with Gasteiger partial charge in [-0.2, -0.15) is 12.6 Å². The van der Waals surface area contributed by atoms with Crippen LogP contribution in [-0.2, 0) is 6.42 Å². The van der Waals surface area contributed by atoms with Gasteiger partial charge in [-0.1, -0.05) is 18.2 Å². The number of hydrogen-bond donors (Lipinski definition) is 1. The van der Waals surface area contributed by atoms with Gasteiger partial charge in [0.15, 0.2) is 0 Å². The van der Waals surface area contributed by atoms with E-state index in [2.05, 4.69) is 41.8 Å². The van der Waals surface area contributed by atoms with Crippen molar-refractivity contribution < 1.29 is 0 Å². The molecule has 1 aliphatic rings. The number of thiol groups is 1. The van der Waals surface area contributed by atoms with Crippen LogP contribution in [0.4, 0.5) is 5.69 Å². The molecule has 0 saturated heterocycles. The van der Waals surface area contributed by atoms with Crippen LogP contribution in [0.15, 0.2) is 24.3 Å². The van der Waals surface area contributed by atoms with Crippen molar-refractivity contribution in [3.63, 3.8) is 0 Å². The Bertz CT molecular complexity index is 285. The fourth-order valence-corrected chi connectivity index (χ4v) is 2.21. The van der Waals surface area contributed by atoms with Gasteiger partial charge in [-0.25, -0.2) is 0 Å². The molecule has 1 aliphatic heterocycles. The van der Waals surface area contributed by atoms with Gasteiger partial charge in [0, 0.05) is 24.5 Å². The quantitative estimate of drug-likeness (QED) is 0.706. The summed E-state index contributed by atoms with van der Waals surface area (Å²) >= 11 is 4.28. The van der Waals surface area contributed by atoms with Crippen molar-refractivity contribution in [2.75, 3.05) is 23.7 Å². The van der Waals surface area contributed by atoms with E-state index < -0.39 is 0 Å². The van der Waals surface area contributed by atoms with Gasteiger partial charge in [-0.3, -0.25) is 0 Å². The van der Waals surface area contributed by atoms with Crippen LogP contribution in [0.2, 0.25) is 0 Å². The van der Waals surface area contributed by atoms with Crippen LogP contribution in [0.3, 0.4) is 0 Å². The molecule has 2 heteroatoms. The predicted molar refractivity (Wildman–Crippen MR) is 60.8 cm³/mol. The summed E-state index contributed by atoms with van der Waals surface area (Å²) in [7, 11) is 0. The maximum absolute atomic E-state index is 4.28. The number of anilines is 1. The van der Waals surface area contributed by atoms with E-state index in [1.54, 1.807) is 0 Å². The molecule has 1 aromatic rings. The third-order valence-corrected chi connectivity index (χ3v) is 2.78. The lowest BCUT2D eigenvalue weighted by atomic mass is 10.0. The Morgan fingerprint density at radius 1 is 1.31 bits per heavy atom. The van der Waals surface area contributed by atoms with Gasteiger partial charge in [0.1, 0.15) is 0 Å². The Morgan fingerprint density at radius 2 is 2.15 bits per heavy atom. The van der Waals surface area contributed by atoms with Gasteiger partial charge in [0.2, 0.25) is 0 Å². The van der Waals surface area contributed by atoms with Crippen LogP contribution in [0.5, 0.6) is 0 Å². The van der Waals surface area contributed by atoms with Crippen LogP contribution in [-0.4, -0.2) is 18.8 Å². The number of para-hydroxylation sites is 1. The summed E-state index contributed by atoms with van der Waals surface area (Å²) in [6.45, 7) is 2.26. The summed E-state index contributed by atoms with van der Waals surface area (Å²) in [6, 6.07) is 8.71. The Hall–Kier alpha value is -0.630. The molecule has 0 spiro atoms. The third kappa shape index (κ3) is 1.83. The Balaban J connectivity index is 2.26. The molecule has 0 unspecified atom stereocenters. The highest BCUT2D eigenvalue weighted by Gasteiger charge is 2.14. The van der Waals surface area contributed by atoms with E-state index >= 15 is 0 Å². The van der Waals surface area contributed by atoms with Crippen LogP contribution >= 0.6 is 12.6 Å². The van der Waals surface area contributed by atoms with Crippen molar-refractivity contribution in [2.24, 2.45) is 0 Å². The zero-order valence-electron chi connectivity index (χ0n) is 7.74. The van der Waals surface area contributed by atoms with Crippen molar-refractivity contribution in [3.8, 4) is 0 Å². The highest BCUT2D eigenvalue weighted by atomic mass is 32.1. The first kappa shape index (κ1) is 8.95. The number of benzene rings is 1. The van der Waals surface area contributed by atoms with Crippen molar-refractivity contribution in [1.82, 2.24) is 0 Å². The van der Waals surface area contributed by atoms with Crippen molar-refractivity contribution in [2.45, 2.75) is 12.8 Å². The Labute approximate surface area is 85.2 Å². The highest BCUT2D eigenvalue weighted by Crippen LogP contribution is 2.26. The van der Waals surface area contributed by atoms with Gasteiger partial charge in [-0.15, -0.1) is 0 Å². The molecule has 1 nitrogen and oxygen atoms in total. The molecule has 0 saturated carbocycles. The molecular weight excluding hydrogens is 178 g/mol. The smallest absolute Gasteiger partial charge is 0.0399 e. The van der Waals surface area contributed by atoms with E-state index in [9.17, 15) is 0 Å². The van der Waals surface area contributed by atoms with Crippen LogP contribution in [0, 0.1) is 0 Å². The molecule has 0 aromatic heterocycles. The zero-order chi connectivity index (χ0) is 9.10. The highest BCUT2D eigenvalue weighted by molar-refractivity contribution is 7.80. The second kappa shape index (κ2) is 4.05. The minimum Gasteiger partial charge on any atom is -0.370 e. The van der Waals surface area contributed by atoms with Crippen LogP contribution in [0.1, 0.15) is 12.0 Å². The molecule has 0 radical (unpaired) electrons. The minimum absolute atomic E-state index is 0.939. The molecule has 0 amide bonds. The van der Waals surface area contributed by atoms with Gasteiger partial charge >= 0.3 is 0 Å². The average Bonchev–Trinajstić information content (AvgIpc) is 2.19. The summed E-state index contributed by atoms with van der Waals surface area (Å²) in [5, 5.41) is 0. The average molecular weight is 193 g/mol. The summed E-state index contributed by atoms with van der Waals surface area (Å²) < 4.78 is 0. The van der Waals surface area contributed by atoms with Crippen molar-refractivity contribution in [3.05, 3.63) is 29.8 Å². The Morgan fingerprint density at radius 3 is 3.00 bits per heavy atom. The number of hydrogen-bond acceptors (Lipinski definition) is 2. The number of rotatable bonds is 2. The van der Waals surface area contributed by atoms with E-state index in [4.69, 9.17) is 0 Å². The van der Waals surface area contributed by atoms with Crippen molar-refractivity contribution in [1.29, 1.82) is 0 Å². The van der Waals surface area contributed by atoms with Gasteiger partial charge in [0.25, 0.3) is 0 Å². The molecule has 70 valence electrons. The summed E-state index contributed by atoms with van der Waals surface area (Å²) in [4.78, 5) is 2.44. The van der Waals surface area contributed by atoms with Crippen LogP contribution in [0.25, 0.3) is 0 Å². The van der Waals surface area contributed by atoms with E-state index in [1.165, 1.54) is 30.6 Å². The molecule has 0 fully saturated rings. The predicted octanol–water partition coefficient (Wildman–Crippen LogP) is 2.37. The zero-order valence-corrected chi connectivity index (χ0v) is 8.63. The fourth-order valence-electron chi connectivity index (χ4n) is 1.96. The lowest BCUT2D eigenvalue weighted by Crippen LogP contribution is -2.30. The SMILES string of the molecule is SCCN1CCCc2ccccc21. The molecule has 13 heavy (non-hydrogen) atoms. The second-order valence-electron chi connectivity index (χ2n) is 3.44. The molecule has 0 aliphatic carbocycles. The summed E-state index contributed by atoms with van der Waals surface area (Å²) in [5.74, 6) is 0.939. The molecule has 0 bridgehead atoms. The lowest BCUT2D eigenvalue weighted by Gasteiger charge is -2.30. The number of fused-ring (bicyclic) bond motifs is 1. The topological polar surface area (TPSA) is 3.24 Å². The largest absolute Gasteiger partial charge is 0.370 e. The first-order valence-corrected chi connectivity index (χ1v) is 5.49. The number of aryl methyl sites for hydroxylation is 1. The summed E-state index contributed by atoms with van der Waals surface area (Å²) in [6.07, 6.45) is 2.52. The van der Waals surface area contributed by atoms with Crippen molar-refractivity contribution >= 4 is 18.3 Å². The Kier molecular flexibility index (Phi) is 2.79. The second-order valence-corrected chi connectivity index (χ2v) is 3.89. The van der Waals surface area contributed by atoms with Gasteiger partial charge in [0.05, 0.1) is 0 Å². The maximum Gasteiger partial charge on any atom is 0.0399 e. The monoisotopic (exact) mass is 193 g/mol.